The highest BCUT2D eigenvalue weighted by Crippen LogP contribution is 2.32. The first-order valence-electron chi connectivity index (χ1n) is 10.00. The highest BCUT2D eigenvalue weighted by Gasteiger charge is 2.30. The summed E-state index contributed by atoms with van der Waals surface area (Å²) in [5.41, 5.74) is 8.83. The van der Waals surface area contributed by atoms with Crippen molar-refractivity contribution in [2.24, 2.45) is 0 Å². The molecule has 3 aromatic rings. The fourth-order valence-corrected chi connectivity index (χ4v) is 5.25. The number of sulfonamides is 1. The largest absolute Gasteiger partial charge is 0.331 e. The number of carbonyl (C=O) groups is 1. The fraction of sp³-hybridized carbons (Fsp3) is 0.130. The van der Waals surface area contributed by atoms with Crippen LogP contribution in [-0.2, 0) is 16.4 Å². The van der Waals surface area contributed by atoms with Gasteiger partial charge in [0.25, 0.3) is 15.9 Å². The maximum Gasteiger partial charge on any atom is 0.269 e. The highest BCUT2D eigenvalue weighted by molar-refractivity contribution is 7.92. The molecule has 4 rings (SSSR count). The van der Waals surface area contributed by atoms with Crippen molar-refractivity contribution in [2.75, 3.05) is 16.2 Å². The number of hydrazine groups is 1. The number of anilines is 2. The lowest BCUT2D eigenvalue weighted by atomic mass is 10.2. The SMILES string of the molecule is Cc1ccccc1NC(=S)NNC(=O)c1cccc(S(=O)(=O)N2CCc3ccccc32)c1. The predicted octanol–water partition coefficient (Wildman–Crippen LogP) is 3.38. The Morgan fingerprint density at radius 2 is 1.72 bits per heavy atom. The molecule has 1 heterocycles. The van der Waals surface area contributed by atoms with Gasteiger partial charge in [0.05, 0.1) is 10.6 Å². The second kappa shape index (κ2) is 8.97. The number of nitrogens with zero attached hydrogens (tertiary/aromatic N) is 1. The first kappa shape index (κ1) is 21.8. The Morgan fingerprint density at radius 1 is 0.969 bits per heavy atom. The molecule has 3 aromatic carbocycles. The molecule has 9 heteroatoms. The molecular weight excluding hydrogens is 444 g/mol. The number of benzene rings is 3. The van der Waals surface area contributed by atoms with Gasteiger partial charge in [0, 0.05) is 17.8 Å². The van der Waals surface area contributed by atoms with Crippen LogP contribution in [0.25, 0.3) is 0 Å². The minimum atomic E-state index is -3.79. The molecule has 0 saturated carbocycles. The van der Waals surface area contributed by atoms with Gasteiger partial charge in [-0.1, -0.05) is 42.5 Å². The molecule has 0 atom stereocenters. The summed E-state index contributed by atoms with van der Waals surface area (Å²) in [6, 6.07) is 21.0. The van der Waals surface area contributed by atoms with E-state index in [2.05, 4.69) is 16.2 Å². The lowest BCUT2D eigenvalue weighted by molar-refractivity contribution is 0.0944. The summed E-state index contributed by atoms with van der Waals surface area (Å²) in [4.78, 5) is 12.7. The van der Waals surface area contributed by atoms with E-state index >= 15 is 0 Å². The van der Waals surface area contributed by atoms with E-state index in [4.69, 9.17) is 12.2 Å². The third-order valence-corrected chi connectivity index (χ3v) is 7.22. The van der Waals surface area contributed by atoms with Crippen molar-refractivity contribution in [1.29, 1.82) is 0 Å². The number of rotatable bonds is 4. The molecule has 1 aliphatic rings. The van der Waals surface area contributed by atoms with Gasteiger partial charge in [-0.2, -0.15) is 0 Å². The summed E-state index contributed by atoms with van der Waals surface area (Å²) >= 11 is 5.22. The second-order valence-electron chi connectivity index (χ2n) is 7.33. The van der Waals surface area contributed by atoms with Gasteiger partial charge in [0.2, 0.25) is 0 Å². The van der Waals surface area contributed by atoms with Crippen molar-refractivity contribution in [1.82, 2.24) is 10.9 Å². The van der Waals surface area contributed by atoms with E-state index in [1.807, 2.05) is 49.4 Å². The van der Waals surface area contributed by atoms with Crippen LogP contribution in [0.3, 0.4) is 0 Å². The summed E-state index contributed by atoms with van der Waals surface area (Å²) < 4.78 is 27.8. The zero-order chi connectivity index (χ0) is 22.7. The van der Waals surface area contributed by atoms with Crippen molar-refractivity contribution in [3.8, 4) is 0 Å². The van der Waals surface area contributed by atoms with Crippen molar-refractivity contribution in [3.05, 3.63) is 89.5 Å². The van der Waals surface area contributed by atoms with Crippen molar-refractivity contribution in [3.63, 3.8) is 0 Å². The van der Waals surface area contributed by atoms with E-state index in [0.29, 0.717) is 18.7 Å². The number of aryl methyl sites for hydroxylation is 1. The molecule has 1 aliphatic heterocycles. The first-order chi connectivity index (χ1) is 15.4. The van der Waals surface area contributed by atoms with E-state index in [1.165, 1.54) is 16.4 Å². The summed E-state index contributed by atoms with van der Waals surface area (Å²) in [6.07, 6.45) is 0.658. The highest BCUT2D eigenvalue weighted by atomic mass is 32.2. The molecule has 3 N–H and O–H groups in total. The average molecular weight is 467 g/mol. The fourth-order valence-electron chi connectivity index (χ4n) is 3.54. The van der Waals surface area contributed by atoms with Crippen LogP contribution in [-0.4, -0.2) is 26.0 Å². The minimum Gasteiger partial charge on any atom is -0.331 e. The van der Waals surface area contributed by atoms with Crippen molar-refractivity contribution in [2.45, 2.75) is 18.2 Å². The van der Waals surface area contributed by atoms with E-state index in [1.54, 1.807) is 18.2 Å². The average Bonchev–Trinajstić information content (AvgIpc) is 3.24. The van der Waals surface area contributed by atoms with Gasteiger partial charge in [-0.05, 0) is 67.0 Å². The molecule has 0 radical (unpaired) electrons. The van der Waals surface area contributed by atoms with Crippen molar-refractivity contribution < 1.29 is 13.2 Å². The Labute approximate surface area is 192 Å². The molecule has 32 heavy (non-hydrogen) atoms. The predicted molar refractivity (Wildman–Crippen MR) is 129 cm³/mol. The Hall–Kier alpha value is -3.43. The third-order valence-electron chi connectivity index (χ3n) is 5.21. The maximum atomic E-state index is 13.2. The molecule has 164 valence electrons. The van der Waals surface area contributed by atoms with Gasteiger partial charge in [-0.15, -0.1) is 0 Å². The number of thiocarbonyl (C=S) groups is 1. The lowest BCUT2D eigenvalue weighted by Gasteiger charge is -2.20. The van der Waals surface area contributed by atoms with E-state index in [0.717, 1.165) is 16.8 Å². The Kier molecular flexibility index (Phi) is 6.11. The summed E-state index contributed by atoms with van der Waals surface area (Å²) in [5, 5.41) is 3.22. The van der Waals surface area contributed by atoms with Gasteiger partial charge in [-0.25, -0.2) is 8.42 Å². The molecule has 0 aromatic heterocycles. The second-order valence-corrected chi connectivity index (χ2v) is 9.60. The zero-order valence-corrected chi connectivity index (χ0v) is 19.0. The smallest absolute Gasteiger partial charge is 0.269 e. The molecule has 0 saturated heterocycles. The Bertz CT molecular complexity index is 1290. The van der Waals surface area contributed by atoms with Crippen LogP contribution in [0.5, 0.6) is 0 Å². The van der Waals surface area contributed by atoms with Crippen LogP contribution in [0.4, 0.5) is 11.4 Å². The number of nitrogens with one attached hydrogen (secondary N) is 3. The molecule has 0 aliphatic carbocycles. The summed E-state index contributed by atoms with van der Waals surface area (Å²) in [5.74, 6) is -0.502. The number of hydrogen-bond donors (Lipinski definition) is 3. The van der Waals surface area contributed by atoms with Gasteiger partial charge < -0.3 is 5.32 Å². The summed E-state index contributed by atoms with van der Waals surface area (Å²) in [6.45, 7) is 2.31. The van der Waals surface area contributed by atoms with E-state index < -0.39 is 15.9 Å². The normalized spacial score (nSPS) is 12.7. The Balaban J connectivity index is 1.45. The Morgan fingerprint density at radius 3 is 2.53 bits per heavy atom. The van der Waals surface area contributed by atoms with Crippen LogP contribution in [0.1, 0.15) is 21.5 Å². The van der Waals surface area contributed by atoms with Crippen LogP contribution >= 0.6 is 12.2 Å². The first-order valence-corrected chi connectivity index (χ1v) is 11.8. The minimum absolute atomic E-state index is 0.0578. The number of carbonyl (C=O) groups excluding carboxylic acids is 1. The van der Waals surface area contributed by atoms with Crippen molar-refractivity contribution >= 4 is 44.6 Å². The quantitative estimate of drug-likeness (QED) is 0.403. The molecule has 0 fully saturated rings. The van der Waals surface area contributed by atoms with Gasteiger partial charge in [-0.3, -0.25) is 20.0 Å². The number of amides is 1. The number of fused-ring (bicyclic) bond motifs is 1. The molecular formula is C23H22N4O3S2. The third kappa shape index (κ3) is 4.44. The van der Waals surface area contributed by atoms with Gasteiger partial charge in [0.15, 0.2) is 5.11 Å². The van der Waals surface area contributed by atoms with Crippen LogP contribution in [0.15, 0.2) is 77.7 Å². The molecule has 0 unspecified atom stereocenters. The van der Waals surface area contributed by atoms with Crippen LogP contribution < -0.4 is 20.5 Å². The topological polar surface area (TPSA) is 90.5 Å². The van der Waals surface area contributed by atoms with Crippen LogP contribution in [0.2, 0.25) is 0 Å². The van der Waals surface area contributed by atoms with Gasteiger partial charge in [0.1, 0.15) is 0 Å². The van der Waals surface area contributed by atoms with E-state index in [9.17, 15) is 13.2 Å². The van der Waals surface area contributed by atoms with E-state index in [-0.39, 0.29) is 15.6 Å². The monoisotopic (exact) mass is 466 g/mol. The van der Waals surface area contributed by atoms with Crippen LogP contribution in [0, 0.1) is 6.92 Å². The maximum absolute atomic E-state index is 13.2. The number of para-hydroxylation sites is 2. The molecule has 1 amide bonds. The number of hydrogen-bond acceptors (Lipinski definition) is 4. The lowest BCUT2D eigenvalue weighted by Crippen LogP contribution is -2.43. The molecule has 0 spiro atoms. The molecule has 0 bridgehead atoms. The van der Waals surface area contributed by atoms with Gasteiger partial charge >= 0.3 is 0 Å². The molecule has 7 nitrogen and oxygen atoms in total. The standard InChI is InChI=1S/C23H22N4O3S2/c1-16-7-2-4-11-20(16)24-23(31)26-25-22(28)18-9-6-10-19(15-18)32(29,30)27-14-13-17-8-3-5-12-21(17)27/h2-12,15H,13-14H2,1H3,(H,25,28)(H2,24,26,31). The zero-order valence-electron chi connectivity index (χ0n) is 17.3. The summed E-state index contributed by atoms with van der Waals surface area (Å²) in [7, 11) is -3.79.